The van der Waals surface area contributed by atoms with E-state index in [9.17, 15) is 9.59 Å². The first-order valence-electron chi connectivity index (χ1n) is 9.30. The Morgan fingerprint density at radius 1 is 0.966 bits per heavy atom. The number of hydroxylamine groups is 1. The number of carbonyl (C=O) groups excluding carboxylic acids is 2. The summed E-state index contributed by atoms with van der Waals surface area (Å²) in [5.41, 5.74) is 5.31. The zero-order chi connectivity index (χ0) is 20.1. The standard InChI is InChI=1S/C23H20N2O4/c26-22(25-28-15-17-9-5-2-6-10-17)18-11-12-19-20(14-18)29-21(23(27)24-19)13-16-7-3-1-4-8-16/h1-12,14,21H,13,15H2,(H,24,27)(H,25,26)/t21-/m0/s1. The van der Waals surface area contributed by atoms with Gasteiger partial charge in [-0.25, -0.2) is 5.48 Å². The Hall–Kier alpha value is -3.64. The van der Waals surface area contributed by atoms with E-state index in [4.69, 9.17) is 9.57 Å². The lowest BCUT2D eigenvalue weighted by Crippen LogP contribution is -2.38. The number of anilines is 1. The van der Waals surface area contributed by atoms with Crippen LogP contribution in [0.4, 0.5) is 5.69 Å². The Kier molecular flexibility index (Phi) is 5.54. The molecule has 1 aliphatic heterocycles. The van der Waals surface area contributed by atoms with Gasteiger partial charge in [-0.1, -0.05) is 60.7 Å². The summed E-state index contributed by atoms with van der Waals surface area (Å²) in [4.78, 5) is 30.0. The minimum atomic E-state index is -0.655. The molecule has 0 unspecified atom stereocenters. The van der Waals surface area contributed by atoms with E-state index in [1.54, 1.807) is 18.2 Å². The van der Waals surface area contributed by atoms with Gasteiger partial charge in [-0.05, 0) is 29.3 Å². The average Bonchev–Trinajstić information content (AvgIpc) is 2.75. The van der Waals surface area contributed by atoms with Crippen molar-refractivity contribution >= 4 is 17.5 Å². The molecule has 0 bridgehead atoms. The maximum Gasteiger partial charge on any atom is 0.274 e. The molecule has 6 heteroatoms. The van der Waals surface area contributed by atoms with Crippen LogP contribution in [-0.2, 0) is 22.7 Å². The van der Waals surface area contributed by atoms with Gasteiger partial charge < -0.3 is 10.1 Å². The van der Waals surface area contributed by atoms with E-state index in [0.29, 0.717) is 23.4 Å². The molecule has 2 N–H and O–H groups in total. The minimum absolute atomic E-state index is 0.204. The Labute approximate surface area is 168 Å². The molecule has 3 aromatic rings. The lowest BCUT2D eigenvalue weighted by atomic mass is 10.1. The van der Waals surface area contributed by atoms with E-state index < -0.39 is 6.10 Å². The van der Waals surface area contributed by atoms with Crippen molar-refractivity contribution in [1.29, 1.82) is 0 Å². The second-order valence-electron chi connectivity index (χ2n) is 6.70. The number of hydrogen-bond donors (Lipinski definition) is 2. The predicted molar refractivity (Wildman–Crippen MR) is 108 cm³/mol. The number of benzene rings is 3. The number of hydrogen-bond acceptors (Lipinski definition) is 4. The van der Waals surface area contributed by atoms with Gasteiger partial charge in [0.2, 0.25) is 0 Å². The van der Waals surface area contributed by atoms with Gasteiger partial charge in [0.1, 0.15) is 5.75 Å². The molecule has 0 spiro atoms. The van der Waals surface area contributed by atoms with Crippen LogP contribution >= 0.6 is 0 Å². The van der Waals surface area contributed by atoms with Gasteiger partial charge in [0, 0.05) is 12.0 Å². The average molecular weight is 388 g/mol. The Balaban J connectivity index is 1.40. The summed E-state index contributed by atoms with van der Waals surface area (Å²) in [5, 5.41) is 2.83. The summed E-state index contributed by atoms with van der Waals surface area (Å²) < 4.78 is 5.88. The van der Waals surface area contributed by atoms with Gasteiger partial charge in [-0.2, -0.15) is 0 Å². The summed E-state index contributed by atoms with van der Waals surface area (Å²) in [6.45, 7) is 0.267. The van der Waals surface area contributed by atoms with Crippen molar-refractivity contribution in [3.63, 3.8) is 0 Å². The molecule has 1 aliphatic rings. The molecular weight excluding hydrogens is 368 g/mol. The van der Waals surface area contributed by atoms with Crippen LogP contribution in [0.2, 0.25) is 0 Å². The highest BCUT2D eigenvalue weighted by atomic mass is 16.6. The topological polar surface area (TPSA) is 76.7 Å². The highest BCUT2D eigenvalue weighted by Crippen LogP contribution is 2.31. The van der Waals surface area contributed by atoms with E-state index >= 15 is 0 Å². The molecule has 4 rings (SSSR count). The van der Waals surface area contributed by atoms with Crippen LogP contribution in [0.1, 0.15) is 21.5 Å². The van der Waals surface area contributed by atoms with E-state index in [1.807, 2.05) is 60.7 Å². The quantitative estimate of drug-likeness (QED) is 0.634. The van der Waals surface area contributed by atoms with Crippen LogP contribution in [0.3, 0.4) is 0 Å². The molecule has 0 aliphatic carbocycles. The lowest BCUT2D eigenvalue weighted by Gasteiger charge is -2.26. The second-order valence-corrected chi connectivity index (χ2v) is 6.70. The second kappa shape index (κ2) is 8.58. The molecule has 0 saturated carbocycles. The molecule has 146 valence electrons. The molecule has 29 heavy (non-hydrogen) atoms. The normalized spacial score (nSPS) is 15.0. The van der Waals surface area contributed by atoms with Crippen LogP contribution in [-0.4, -0.2) is 17.9 Å². The van der Waals surface area contributed by atoms with Crippen LogP contribution in [0.5, 0.6) is 5.75 Å². The first kappa shape index (κ1) is 18.7. The van der Waals surface area contributed by atoms with Crippen LogP contribution in [0.15, 0.2) is 78.9 Å². The predicted octanol–water partition coefficient (Wildman–Crippen LogP) is 3.49. The molecule has 1 heterocycles. The van der Waals surface area contributed by atoms with Crippen LogP contribution in [0.25, 0.3) is 0 Å². The summed E-state index contributed by atoms with van der Waals surface area (Å²) in [5.74, 6) is -0.130. The molecule has 0 radical (unpaired) electrons. The van der Waals surface area contributed by atoms with Crippen molar-refractivity contribution in [2.45, 2.75) is 19.1 Å². The molecule has 0 fully saturated rings. The number of fused-ring (bicyclic) bond motifs is 1. The zero-order valence-electron chi connectivity index (χ0n) is 15.6. The van der Waals surface area contributed by atoms with E-state index in [-0.39, 0.29) is 18.4 Å². The van der Waals surface area contributed by atoms with E-state index in [0.717, 1.165) is 11.1 Å². The minimum Gasteiger partial charge on any atom is -0.478 e. The van der Waals surface area contributed by atoms with E-state index in [2.05, 4.69) is 10.8 Å². The van der Waals surface area contributed by atoms with Gasteiger partial charge in [0.25, 0.3) is 11.8 Å². The molecular formula is C23H20N2O4. The van der Waals surface area contributed by atoms with Gasteiger partial charge in [0.15, 0.2) is 6.10 Å². The summed E-state index contributed by atoms with van der Waals surface area (Å²) in [6.07, 6.45) is -0.208. The summed E-state index contributed by atoms with van der Waals surface area (Å²) >= 11 is 0. The fraction of sp³-hybridized carbons (Fsp3) is 0.130. The highest BCUT2D eigenvalue weighted by Gasteiger charge is 2.28. The highest BCUT2D eigenvalue weighted by molar-refractivity contribution is 6.00. The van der Waals surface area contributed by atoms with Crippen molar-refractivity contribution in [1.82, 2.24) is 5.48 Å². The van der Waals surface area contributed by atoms with Gasteiger partial charge in [-0.3, -0.25) is 14.4 Å². The third-order valence-corrected chi connectivity index (χ3v) is 4.57. The molecule has 1 atom stereocenters. The lowest BCUT2D eigenvalue weighted by molar-refractivity contribution is -0.123. The number of ether oxygens (including phenoxy) is 1. The van der Waals surface area contributed by atoms with Gasteiger partial charge >= 0.3 is 0 Å². The molecule has 2 amide bonds. The monoisotopic (exact) mass is 388 g/mol. The molecule has 0 saturated heterocycles. The number of nitrogens with one attached hydrogen (secondary N) is 2. The van der Waals surface area contributed by atoms with Crippen LogP contribution in [0, 0.1) is 0 Å². The zero-order valence-corrected chi connectivity index (χ0v) is 15.6. The van der Waals surface area contributed by atoms with Crippen molar-refractivity contribution in [3.8, 4) is 5.75 Å². The number of rotatable bonds is 6. The Bertz CT molecular complexity index is 1010. The summed E-state index contributed by atoms with van der Waals surface area (Å²) in [7, 11) is 0. The SMILES string of the molecule is O=C(NOCc1ccccc1)c1ccc2c(c1)O[C@@H](Cc1ccccc1)C(=O)N2. The maximum absolute atomic E-state index is 12.4. The summed E-state index contributed by atoms with van der Waals surface area (Å²) in [6, 6.07) is 24.1. The third-order valence-electron chi connectivity index (χ3n) is 4.57. The van der Waals surface area contributed by atoms with Crippen molar-refractivity contribution in [2.75, 3.05) is 5.32 Å². The van der Waals surface area contributed by atoms with Crippen LogP contribution < -0.4 is 15.5 Å². The first-order valence-corrected chi connectivity index (χ1v) is 9.30. The first-order chi connectivity index (χ1) is 14.2. The number of amides is 2. The van der Waals surface area contributed by atoms with E-state index in [1.165, 1.54) is 0 Å². The maximum atomic E-state index is 12.4. The van der Waals surface area contributed by atoms with Gasteiger partial charge in [-0.15, -0.1) is 0 Å². The van der Waals surface area contributed by atoms with Crippen molar-refractivity contribution < 1.29 is 19.2 Å². The Morgan fingerprint density at radius 2 is 1.66 bits per heavy atom. The fourth-order valence-corrected chi connectivity index (χ4v) is 3.07. The number of carbonyl (C=O) groups is 2. The molecule has 0 aromatic heterocycles. The Morgan fingerprint density at radius 3 is 2.38 bits per heavy atom. The fourth-order valence-electron chi connectivity index (χ4n) is 3.07. The smallest absolute Gasteiger partial charge is 0.274 e. The third kappa shape index (κ3) is 4.62. The largest absolute Gasteiger partial charge is 0.478 e. The molecule has 6 nitrogen and oxygen atoms in total. The van der Waals surface area contributed by atoms with Crippen molar-refractivity contribution in [2.24, 2.45) is 0 Å². The van der Waals surface area contributed by atoms with Crippen molar-refractivity contribution in [3.05, 3.63) is 95.6 Å². The van der Waals surface area contributed by atoms with Gasteiger partial charge in [0.05, 0.1) is 12.3 Å². The molecule has 3 aromatic carbocycles.